The van der Waals surface area contributed by atoms with Crippen LogP contribution in [0.2, 0.25) is 0 Å². The summed E-state index contributed by atoms with van der Waals surface area (Å²) >= 11 is 1.56. The summed E-state index contributed by atoms with van der Waals surface area (Å²) in [6.45, 7) is 0.533. The quantitative estimate of drug-likeness (QED) is 0.453. The van der Waals surface area contributed by atoms with Crippen LogP contribution in [-0.4, -0.2) is 12.9 Å². The lowest BCUT2D eigenvalue weighted by atomic mass is 10.3. The number of halogens is 1. The zero-order chi connectivity index (χ0) is 8.97. The molecular weight excluding hydrogens is 210 g/mol. The van der Waals surface area contributed by atoms with Gasteiger partial charge in [-0.1, -0.05) is 5.16 Å². The minimum atomic E-state index is 0. The van der Waals surface area contributed by atoms with Crippen LogP contribution in [0.1, 0.15) is 10.4 Å². The lowest BCUT2D eigenvalue weighted by molar-refractivity contribution is 0.213. The maximum absolute atomic E-state index is 5.56. The Bertz CT molecular complexity index is 287. The molecule has 0 atom stereocenters. The fourth-order valence-corrected chi connectivity index (χ4v) is 1.53. The third-order valence-electron chi connectivity index (χ3n) is 1.34. The van der Waals surface area contributed by atoms with Crippen molar-refractivity contribution in [3.05, 3.63) is 21.9 Å². The molecule has 0 amide bonds. The molecular formula is C7H12ClN3OS. The van der Waals surface area contributed by atoms with E-state index in [-0.39, 0.29) is 12.4 Å². The molecule has 0 radical (unpaired) electrons. The predicted octanol–water partition coefficient (Wildman–Crippen LogP) is 0.895. The molecule has 13 heavy (non-hydrogen) atoms. The van der Waals surface area contributed by atoms with E-state index in [4.69, 9.17) is 11.5 Å². The molecule has 0 aliphatic rings. The monoisotopic (exact) mass is 221 g/mol. The Morgan fingerprint density at radius 3 is 2.85 bits per heavy atom. The van der Waals surface area contributed by atoms with E-state index >= 15 is 0 Å². The molecule has 4 N–H and O–H groups in total. The predicted molar refractivity (Wildman–Crippen MR) is 57.2 cm³/mol. The van der Waals surface area contributed by atoms with Crippen LogP contribution >= 0.6 is 23.7 Å². The van der Waals surface area contributed by atoms with Gasteiger partial charge in [-0.2, -0.15) is 0 Å². The van der Waals surface area contributed by atoms with Crippen LogP contribution in [0.5, 0.6) is 0 Å². The highest BCUT2D eigenvalue weighted by molar-refractivity contribution is 7.10. The third kappa shape index (κ3) is 3.22. The van der Waals surface area contributed by atoms with E-state index in [0.29, 0.717) is 12.4 Å². The van der Waals surface area contributed by atoms with Crippen LogP contribution in [0, 0.1) is 0 Å². The zero-order valence-corrected chi connectivity index (χ0v) is 8.82. The highest BCUT2D eigenvalue weighted by atomic mass is 35.5. The van der Waals surface area contributed by atoms with Gasteiger partial charge in [-0.15, -0.1) is 23.7 Å². The molecule has 0 aliphatic heterocycles. The number of nitrogens with two attached hydrogens (primary N) is 2. The Hall–Kier alpha value is -0.780. The molecule has 0 unspecified atom stereocenters. The molecule has 0 fully saturated rings. The van der Waals surface area contributed by atoms with Gasteiger partial charge in [0.1, 0.15) is 7.11 Å². The van der Waals surface area contributed by atoms with Crippen LogP contribution in [0.4, 0.5) is 0 Å². The van der Waals surface area contributed by atoms with Crippen LogP contribution in [0.25, 0.3) is 0 Å². The molecule has 4 nitrogen and oxygen atoms in total. The average molecular weight is 222 g/mol. The van der Waals surface area contributed by atoms with Crippen molar-refractivity contribution in [2.75, 3.05) is 7.11 Å². The lowest BCUT2D eigenvalue weighted by Gasteiger charge is -1.93. The highest BCUT2D eigenvalue weighted by Gasteiger charge is 2.01. The summed E-state index contributed by atoms with van der Waals surface area (Å²) in [4.78, 5) is 5.62. The summed E-state index contributed by atoms with van der Waals surface area (Å²) < 4.78 is 0. The molecule has 0 aromatic carbocycles. The van der Waals surface area contributed by atoms with Gasteiger partial charge in [-0.3, -0.25) is 0 Å². The molecule has 1 aromatic heterocycles. The van der Waals surface area contributed by atoms with E-state index in [9.17, 15) is 0 Å². The van der Waals surface area contributed by atoms with Crippen molar-refractivity contribution in [3.8, 4) is 0 Å². The second-order valence-electron chi connectivity index (χ2n) is 2.16. The topological polar surface area (TPSA) is 73.6 Å². The summed E-state index contributed by atoms with van der Waals surface area (Å²) in [5.74, 6) is 0.383. The van der Waals surface area contributed by atoms with E-state index in [1.807, 2.05) is 11.4 Å². The van der Waals surface area contributed by atoms with Crippen LogP contribution in [-0.2, 0) is 11.4 Å². The second-order valence-corrected chi connectivity index (χ2v) is 3.16. The van der Waals surface area contributed by atoms with Crippen molar-refractivity contribution in [2.24, 2.45) is 16.6 Å². The van der Waals surface area contributed by atoms with Gasteiger partial charge < -0.3 is 16.3 Å². The average Bonchev–Trinajstić information content (AvgIpc) is 2.52. The summed E-state index contributed by atoms with van der Waals surface area (Å²) in [5.41, 5.74) is 11.9. The standard InChI is InChI=1S/C7H11N3OS.ClH/c1-11-10-7(9)5-2-6(3-8)12-4-5;/h2,4H,3,8H2,1H3,(H2,9,10);1H. The number of oxime groups is 1. The normalized spacial score (nSPS) is 10.8. The molecule has 1 rings (SSSR count). The van der Waals surface area contributed by atoms with Gasteiger partial charge in [0.2, 0.25) is 0 Å². The minimum Gasteiger partial charge on any atom is -0.397 e. The summed E-state index contributed by atoms with van der Waals surface area (Å²) in [6, 6.07) is 1.91. The fraction of sp³-hybridized carbons (Fsp3) is 0.286. The van der Waals surface area contributed by atoms with Crippen molar-refractivity contribution in [2.45, 2.75) is 6.54 Å². The van der Waals surface area contributed by atoms with Crippen molar-refractivity contribution in [3.63, 3.8) is 0 Å². The first-order valence-electron chi connectivity index (χ1n) is 3.42. The van der Waals surface area contributed by atoms with Crippen LogP contribution in [0.3, 0.4) is 0 Å². The molecule has 0 saturated carbocycles. The van der Waals surface area contributed by atoms with Crippen molar-refractivity contribution < 1.29 is 4.84 Å². The van der Waals surface area contributed by atoms with Crippen molar-refractivity contribution >= 4 is 29.6 Å². The largest absolute Gasteiger partial charge is 0.397 e. The summed E-state index contributed by atoms with van der Waals surface area (Å²) in [6.07, 6.45) is 0. The van der Waals surface area contributed by atoms with Gasteiger partial charge in [0, 0.05) is 22.4 Å². The SMILES string of the molecule is CON=C(N)c1csc(CN)c1.Cl. The van der Waals surface area contributed by atoms with E-state index < -0.39 is 0 Å². The Labute approximate surface area is 87.0 Å². The second kappa shape index (κ2) is 5.80. The van der Waals surface area contributed by atoms with Gasteiger partial charge in [-0.25, -0.2) is 0 Å². The van der Waals surface area contributed by atoms with Gasteiger partial charge in [0.25, 0.3) is 0 Å². The molecule has 0 bridgehead atoms. The molecule has 6 heteroatoms. The number of nitrogens with zero attached hydrogens (tertiary/aromatic N) is 1. The molecule has 0 spiro atoms. The lowest BCUT2D eigenvalue weighted by Crippen LogP contribution is -2.12. The highest BCUT2D eigenvalue weighted by Crippen LogP contribution is 2.13. The van der Waals surface area contributed by atoms with Gasteiger partial charge in [-0.05, 0) is 6.07 Å². The van der Waals surface area contributed by atoms with E-state index in [1.54, 1.807) is 11.3 Å². The molecule has 0 saturated heterocycles. The first kappa shape index (κ1) is 12.2. The molecule has 1 heterocycles. The first-order chi connectivity index (χ1) is 5.77. The third-order valence-corrected chi connectivity index (χ3v) is 2.30. The smallest absolute Gasteiger partial charge is 0.171 e. The van der Waals surface area contributed by atoms with Gasteiger partial charge in [0.05, 0.1) is 0 Å². The Morgan fingerprint density at radius 2 is 2.38 bits per heavy atom. The zero-order valence-electron chi connectivity index (χ0n) is 7.19. The van der Waals surface area contributed by atoms with Gasteiger partial charge in [0.15, 0.2) is 5.84 Å². The Kier molecular flexibility index (Phi) is 5.45. The van der Waals surface area contributed by atoms with E-state index in [0.717, 1.165) is 10.4 Å². The minimum absolute atomic E-state index is 0. The Morgan fingerprint density at radius 1 is 1.69 bits per heavy atom. The van der Waals surface area contributed by atoms with Crippen LogP contribution < -0.4 is 11.5 Å². The summed E-state index contributed by atoms with van der Waals surface area (Å²) in [5, 5.41) is 5.51. The summed E-state index contributed by atoms with van der Waals surface area (Å²) in [7, 11) is 1.46. The van der Waals surface area contributed by atoms with E-state index in [1.165, 1.54) is 7.11 Å². The number of thiophene rings is 1. The molecule has 1 aromatic rings. The fourth-order valence-electron chi connectivity index (χ4n) is 0.773. The number of hydrogen-bond donors (Lipinski definition) is 2. The number of hydrogen-bond acceptors (Lipinski definition) is 4. The van der Waals surface area contributed by atoms with Gasteiger partial charge >= 0.3 is 0 Å². The molecule has 0 aliphatic carbocycles. The molecule has 74 valence electrons. The van der Waals surface area contributed by atoms with Crippen LogP contribution in [0.15, 0.2) is 16.6 Å². The van der Waals surface area contributed by atoms with E-state index in [2.05, 4.69) is 9.99 Å². The number of rotatable bonds is 3. The Balaban J connectivity index is 0.00000144. The van der Waals surface area contributed by atoms with Crippen molar-refractivity contribution in [1.29, 1.82) is 0 Å². The number of amidine groups is 1. The maximum Gasteiger partial charge on any atom is 0.171 e. The maximum atomic E-state index is 5.56. The first-order valence-corrected chi connectivity index (χ1v) is 4.30. The van der Waals surface area contributed by atoms with Crippen molar-refractivity contribution in [1.82, 2.24) is 0 Å².